The largest absolute Gasteiger partial charge is 0.366 e. The van der Waals surface area contributed by atoms with Gasteiger partial charge in [0.25, 0.3) is 5.91 Å². The zero-order chi connectivity index (χ0) is 14.7. The van der Waals surface area contributed by atoms with Gasteiger partial charge in [0.2, 0.25) is 5.91 Å². The lowest BCUT2D eigenvalue weighted by molar-refractivity contribution is 0.1000. The minimum atomic E-state index is -0.588. The standard InChI is InChI=1S/C14H12ClN3O2/c1-8-5-11(12(15)17-7-8)18-14(20)10-4-2-3-9(6-10)13(16)19/h2-7H,1H3,(H2,16,19)(H,18,20). The summed E-state index contributed by atoms with van der Waals surface area (Å²) in [6.07, 6.45) is 1.60. The van der Waals surface area contributed by atoms with Crippen molar-refractivity contribution in [3.05, 3.63) is 58.4 Å². The molecule has 102 valence electrons. The van der Waals surface area contributed by atoms with Crippen LogP contribution in [-0.4, -0.2) is 16.8 Å². The lowest BCUT2D eigenvalue weighted by atomic mass is 10.1. The number of halogens is 1. The van der Waals surface area contributed by atoms with E-state index in [9.17, 15) is 9.59 Å². The number of carbonyl (C=O) groups is 2. The number of carbonyl (C=O) groups excluding carboxylic acids is 2. The predicted molar refractivity (Wildman–Crippen MR) is 76.9 cm³/mol. The van der Waals surface area contributed by atoms with Crippen molar-refractivity contribution in [2.75, 3.05) is 5.32 Å². The summed E-state index contributed by atoms with van der Waals surface area (Å²) in [4.78, 5) is 27.1. The molecular formula is C14H12ClN3O2. The molecule has 0 atom stereocenters. The van der Waals surface area contributed by atoms with Crippen LogP contribution in [0.3, 0.4) is 0 Å². The summed E-state index contributed by atoms with van der Waals surface area (Å²) in [5.41, 5.74) is 7.05. The van der Waals surface area contributed by atoms with Crippen LogP contribution < -0.4 is 11.1 Å². The number of aromatic nitrogens is 1. The van der Waals surface area contributed by atoms with Gasteiger partial charge in [-0.3, -0.25) is 9.59 Å². The van der Waals surface area contributed by atoms with E-state index in [0.717, 1.165) is 5.56 Å². The van der Waals surface area contributed by atoms with E-state index in [4.69, 9.17) is 17.3 Å². The maximum absolute atomic E-state index is 12.1. The SMILES string of the molecule is Cc1cnc(Cl)c(NC(=O)c2cccc(C(N)=O)c2)c1. The van der Waals surface area contributed by atoms with Gasteiger partial charge in [0.15, 0.2) is 5.15 Å². The lowest BCUT2D eigenvalue weighted by Gasteiger charge is -2.08. The molecule has 0 aliphatic carbocycles. The van der Waals surface area contributed by atoms with E-state index in [0.29, 0.717) is 11.3 Å². The highest BCUT2D eigenvalue weighted by Gasteiger charge is 2.11. The van der Waals surface area contributed by atoms with E-state index in [1.807, 2.05) is 6.92 Å². The molecule has 0 saturated carbocycles. The molecule has 0 bridgehead atoms. The molecule has 0 aliphatic rings. The normalized spacial score (nSPS) is 10.1. The van der Waals surface area contributed by atoms with Gasteiger partial charge in [0.05, 0.1) is 5.69 Å². The Labute approximate surface area is 120 Å². The van der Waals surface area contributed by atoms with Gasteiger partial charge in [-0.1, -0.05) is 17.7 Å². The highest BCUT2D eigenvalue weighted by atomic mass is 35.5. The molecule has 6 heteroatoms. The second-order valence-electron chi connectivity index (χ2n) is 4.25. The number of nitrogens with one attached hydrogen (secondary N) is 1. The van der Waals surface area contributed by atoms with Crippen LogP contribution in [0.4, 0.5) is 5.69 Å². The van der Waals surface area contributed by atoms with Crippen LogP contribution in [0.1, 0.15) is 26.3 Å². The lowest BCUT2D eigenvalue weighted by Crippen LogP contribution is -2.15. The molecule has 3 N–H and O–H groups in total. The number of benzene rings is 1. The zero-order valence-electron chi connectivity index (χ0n) is 10.7. The Kier molecular flexibility index (Phi) is 4.00. The van der Waals surface area contributed by atoms with E-state index < -0.39 is 5.91 Å². The molecule has 2 aromatic rings. The Hall–Kier alpha value is -2.40. The maximum Gasteiger partial charge on any atom is 0.255 e. The van der Waals surface area contributed by atoms with Crippen molar-refractivity contribution < 1.29 is 9.59 Å². The van der Waals surface area contributed by atoms with Crippen molar-refractivity contribution in [3.8, 4) is 0 Å². The first-order valence-electron chi connectivity index (χ1n) is 5.81. The molecule has 1 aromatic heterocycles. The number of aryl methyl sites for hydroxylation is 1. The minimum Gasteiger partial charge on any atom is -0.366 e. The van der Waals surface area contributed by atoms with E-state index in [1.54, 1.807) is 30.5 Å². The zero-order valence-corrected chi connectivity index (χ0v) is 11.4. The number of anilines is 1. The second kappa shape index (κ2) is 5.71. The smallest absolute Gasteiger partial charge is 0.255 e. The van der Waals surface area contributed by atoms with Crippen LogP contribution in [0.25, 0.3) is 0 Å². The molecule has 0 aliphatic heterocycles. The summed E-state index contributed by atoms with van der Waals surface area (Å²) >= 11 is 5.91. The number of nitrogens with zero attached hydrogens (tertiary/aromatic N) is 1. The number of rotatable bonds is 3. The van der Waals surface area contributed by atoms with E-state index in [-0.39, 0.29) is 16.6 Å². The van der Waals surface area contributed by atoms with E-state index >= 15 is 0 Å². The topological polar surface area (TPSA) is 85.1 Å². The number of pyridine rings is 1. The van der Waals surface area contributed by atoms with Gasteiger partial charge in [0.1, 0.15) is 0 Å². The van der Waals surface area contributed by atoms with Gasteiger partial charge in [-0.05, 0) is 36.8 Å². The average molecular weight is 290 g/mol. The molecule has 2 amide bonds. The fourth-order valence-electron chi connectivity index (χ4n) is 1.65. The number of nitrogens with two attached hydrogens (primary N) is 1. The Morgan fingerprint density at radius 3 is 2.65 bits per heavy atom. The van der Waals surface area contributed by atoms with Gasteiger partial charge in [-0.25, -0.2) is 4.98 Å². The highest BCUT2D eigenvalue weighted by molar-refractivity contribution is 6.32. The molecule has 0 fully saturated rings. The van der Waals surface area contributed by atoms with Gasteiger partial charge in [-0.15, -0.1) is 0 Å². The van der Waals surface area contributed by atoms with E-state index in [2.05, 4.69) is 10.3 Å². The van der Waals surface area contributed by atoms with Crippen molar-refractivity contribution in [2.24, 2.45) is 5.73 Å². The number of hydrogen-bond donors (Lipinski definition) is 2. The molecule has 0 spiro atoms. The van der Waals surface area contributed by atoms with Crippen LogP contribution in [0.5, 0.6) is 0 Å². The monoisotopic (exact) mass is 289 g/mol. The molecule has 1 heterocycles. The van der Waals surface area contributed by atoms with E-state index in [1.165, 1.54) is 6.07 Å². The molecule has 0 unspecified atom stereocenters. The maximum atomic E-state index is 12.1. The molecule has 0 saturated heterocycles. The third-order valence-corrected chi connectivity index (χ3v) is 2.93. The summed E-state index contributed by atoms with van der Waals surface area (Å²) in [5, 5.41) is 2.85. The van der Waals surface area contributed by atoms with Crippen LogP contribution in [0.2, 0.25) is 5.15 Å². The van der Waals surface area contributed by atoms with Gasteiger partial charge >= 0.3 is 0 Å². The molecular weight excluding hydrogens is 278 g/mol. The molecule has 5 nitrogen and oxygen atoms in total. The van der Waals surface area contributed by atoms with Crippen LogP contribution in [0.15, 0.2) is 36.5 Å². The summed E-state index contributed by atoms with van der Waals surface area (Å²) in [6.45, 7) is 1.84. The van der Waals surface area contributed by atoms with Crippen molar-refractivity contribution in [2.45, 2.75) is 6.92 Å². The number of hydrogen-bond acceptors (Lipinski definition) is 3. The van der Waals surface area contributed by atoms with Crippen molar-refractivity contribution in [1.29, 1.82) is 0 Å². The number of amides is 2. The molecule has 20 heavy (non-hydrogen) atoms. The second-order valence-corrected chi connectivity index (χ2v) is 4.61. The molecule has 2 rings (SSSR count). The number of primary amides is 1. The van der Waals surface area contributed by atoms with Crippen molar-refractivity contribution >= 4 is 29.1 Å². The first-order chi connectivity index (χ1) is 9.47. The first-order valence-corrected chi connectivity index (χ1v) is 6.18. The average Bonchev–Trinajstić information content (AvgIpc) is 2.43. The Morgan fingerprint density at radius 2 is 1.95 bits per heavy atom. The van der Waals surface area contributed by atoms with Crippen LogP contribution in [-0.2, 0) is 0 Å². The van der Waals surface area contributed by atoms with Crippen molar-refractivity contribution in [1.82, 2.24) is 4.98 Å². The Bertz CT molecular complexity index is 686. The quantitative estimate of drug-likeness (QED) is 0.851. The first kappa shape index (κ1) is 14.0. The van der Waals surface area contributed by atoms with Crippen LogP contribution >= 0.6 is 11.6 Å². The minimum absolute atomic E-state index is 0.204. The van der Waals surface area contributed by atoms with Crippen LogP contribution in [0, 0.1) is 6.92 Å². The summed E-state index contributed by atoms with van der Waals surface area (Å²) in [5.74, 6) is -0.975. The molecule has 0 radical (unpaired) electrons. The van der Waals surface area contributed by atoms with Gasteiger partial charge in [0, 0.05) is 17.3 Å². The molecule has 1 aromatic carbocycles. The predicted octanol–water partition coefficient (Wildman–Crippen LogP) is 2.39. The Morgan fingerprint density at radius 1 is 1.25 bits per heavy atom. The van der Waals surface area contributed by atoms with Crippen molar-refractivity contribution in [3.63, 3.8) is 0 Å². The summed E-state index contributed by atoms with van der Waals surface area (Å²) in [6, 6.07) is 7.85. The third-order valence-electron chi connectivity index (χ3n) is 2.63. The fraction of sp³-hybridized carbons (Fsp3) is 0.0714. The Balaban J connectivity index is 2.26. The fourth-order valence-corrected chi connectivity index (χ4v) is 1.80. The third kappa shape index (κ3) is 3.13. The highest BCUT2D eigenvalue weighted by Crippen LogP contribution is 2.20. The van der Waals surface area contributed by atoms with Gasteiger partial charge in [-0.2, -0.15) is 0 Å². The summed E-state index contributed by atoms with van der Waals surface area (Å²) in [7, 11) is 0. The summed E-state index contributed by atoms with van der Waals surface area (Å²) < 4.78 is 0. The van der Waals surface area contributed by atoms with Gasteiger partial charge < -0.3 is 11.1 Å².